The van der Waals surface area contributed by atoms with Crippen LogP contribution in [0.2, 0.25) is 0 Å². The van der Waals surface area contributed by atoms with Gasteiger partial charge in [0, 0.05) is 0 Å². The third-order valence-corrected chi connectivity index (χ3v) is 3.10. The molecule has 0 saturated heterocycles. The van der Waals surface area contributed by atoms with Gasteiger partial charge in [0.05, 0.1) is 5.41 Å². The molecule has 0 amide bonds. The molecule has 0 aromatic heterocycles. The van der Waals surface area contributed by atoms with E-state index in [0.717, 1.165) is 0 Å². The Morgan fingerprint density at radius 1 is 1.29 bits per heavy atom. The number of rotatable bonds is 4. The summed E-state index contributed by atoms with van der Waals surface area (Å²) in [6.45, 7) is 7.78. The van der Waals surface area contributed by atoms with Crippen molar-refractivity contribution >= 4 is 5.97 Å². The highest BCUT2D eigenvalue weighted by Crippen LogP contribution is 2.29. The summed E-state index contributed by atoms with van der Waals surface area (Å²) in [7, 11) is 0. The maximum Gasteiger partial charge on any atom is 0.317 e. The Balaban J connectivity index is 2.76. The summed E-state index contributed by atoms with van der Waals surface area (Å²) in [5.41, 5.74) is -0.525. The lowest BCUT2D eigenvalue weighted by Crippen LogP contribution is -2.34. The van der Waals surface area contributed by atoms with Crippen molar-refractivity contribution in [1.29, 1.82) is 0 Å². The van der Waals surface area contributed by atoms with E-state index < -0.39 is 5.41 Å². The molecule has 0 heterocycles. The van der Waals surface area contributed by atoms with Crippen molar-refractivity contribution in [3.8, 4) is 5.75 Å². The molecule has 0 saturated carbocycles. The maximum absolute atomic E-state index is 12.1. The van der Waals surface area contributed by atoms with Crippen molar-refractivity contribution < 1.29 is 9.53 Å². The second kappa shape index (κ2) is 5.67. The number of para-hydroxylation sites is 1. The van der Waals surface area contributed by atoms with E-state index >= 15 is 0 Å². The first-order chi connectivity index (χ1) is 7.98. The zero-order valence-electron chi connectivity index (χ0n) is 10.9. The standard InChI is InChI=1S/C15H20O2/c1-5-9-12(2)15(3,4)14(16)17-13-10-7-6-8-11-13/h5-12H,1-4H3. The Kier molecular flexibility index (Phi) is 4.50. The summed E-state index contributed by atoms with van der Waals surface area (Å²) in [6.07, 6.45) is 3.98. The van der Waals surface area contributed by atoms with Gasteiger partial charge in [-0.3, -0.25) is 4.79 Å². The quantitative estimate of drug-likeness (QED) is 0.448. The lowest BCUT2D eigenvalue weighted by atomic mass is 9.80. The van der Waals surface area contributed by atoms with Crippen LogP contribution in [0.4, 0.5) is 0 Å². The van der Waals surface area contributed by atoms with Crippen molar-refractivity contribution in [2.75, 3.05) is 0 Å². The van der Waals surface area contributed by atoms with Crippen LogP contribution in [0, 0.1) is 11.3 Å². The van der Waals surface area contributed by atoms with Crippen molar-refractivity contribution in [2.24, 2.45) is 11.3 Å². The van der Waals surface area contributed by atoms with Crippen LogP contribution in [0.15, 0.2) is 42.5 Å². The van der Waals surface area contributed by atoms with Crippen LogP contribution < -0.4 is 4.74 Å². The maximum atomic E-state index is 12.1. The smallest absolute Gasteiger partial charge is 0.317 e. The molecule has 1 unspecified atom stereocenters. The van der Waals surface area contributed by atoms with E-state index in [-0.39, 0.29) is 11.9 Å². The molecule has 2 nitrogen and oxygen atoms in total. The van der Waals surface area contributed by atoms with E-state index in [9.17, 15) is 4.79 Å². The average Bonchev–Trinajstić information content (AvgIpc) is 2.30. The monoisotopic (exact) mass is 232 g/mol. The molecule has 0 bridgehead atoms. The number of carbonyl (C=O) groups is 1. The normalized spacial score (nSPS) is 13.6. The lowest BCUT2D eigenvalue weighted by molar-refractivity contribution is -0.145. The van der Waals surface area contributed by atoms with Crippen LogP contribution in [0.1, 0.15) is 27.7 Å². The molecule has 0 fully saturated rings. The second-order valence-electron chi connectivity index (χ2n) is 4.74. The molecule has 92 valence electrons. The summed E-state index contributed by atoms with van der Waals surface area (Å²) in [5, 5.41) is 0. The van der Waals surface area contributed by atoms with Crippen LogP contribution in [0.5, 0.6) is 5.75 Å². The Morgan fingerprint density at radius 2 is 1.88 bits per heavy atom. The topological polar surface area (TPSA) is 26.3 Å². The number of allylic oxidation sites excluding steroid dienone is 2. The molecule has 0 aliphatic heterocycles. The molecule has 0 aliphatic carbocycles. The summed E-state index contributed by atoms with van der Waals surface area (Å²) < 4.78 is 5.37. The molecule has 0 aliphatic rings. The fraction of sp³-hybridized carbons (Fsp3) is 0.400. The largest absolute Gasteiger partial charge is 0.426 e. The third kappa shape index (κ3) is 3.45. The molecule has 2 heteroatoms. The second-order valence-corrected chi connectivity index (χ2v) is 4.74. The Morgan fingerprint density at radius 3 is 2.41 bits per heavy atom. The number of esters is 1. The van der Waals surface area contributed by atoms with E-state index in [1.165, 1.54) is 0 Å². The van der Waals surface area contributed by atoms with Crippen LogP contribution >= 0.6 is 0 Å². The fourth-order valence-corrected chi connectivity index (χ4v) is 1.44. The first-order valence-corrected chi connectivity index (χ1v) is 5.88. The minimum atomic E-state index is -0.525. The number of benzene rings is 1. The van der Waals surface area contributed by atoms with Gasteiger partial charge in [-0.25, -0.2) is 0 Å². The zero-order chi connectivity index (χ0) is 12.9. The molecule has 0 radical (unpaired) electrons. The van der Waals surface area contributed by atoms with E-state index in [1.807, 2.05) is 58.0 Å². The highest BCUT2D eigenvalue weighted by Gasteiger charge is 2.34. The van der Waals surface area contributed by atoms with Gasteiger partial charge in [-0.05, 0) is 38.8 Å². The van der Waals surface area contributed by atoms with Gasteiger partial charge < -0.3 is 4.74 Å². The highest BCUT2D eigenvalue weighted by molar-refractivity contribution is 5.78. The zero-order valence-corrected chi connectivity index (χ0v) is 10.9. The van der Waals surface area contributed by atoms with Crippen LogP contribution in [0.25, 0.3) is 0 Å². The molecule has 1 aromatic carbocycles. The third-order valence-electron chi connectivity index (χ3n) is 3.10. The number of hydrogen-bond acceptors (Lipinski definition) is 2. The molecule has 1 rings (SSSR count). The van der Waals surface area contributed by atoms with Crippen molar-refractivity contribution in [2.45, 2.75) is 27.7 Å². The summed E-state index contributed by atoms with van der Waals surface area (Å²) in [6, 6.07) is 9.17. The van der Waals surface area contributed by atoms with Crippen molar-refractivity contribution in [1.82, 2.24) is 0 Å². The van der Waals surface area contributed by atoms with Gasteiger partial charge in [0.1, 0.15) is 5.75 Å². The van der Waals surface area contributed by atoms with Crippen LogP contribution in [0.3, 0.4) is 0 Å². The van der Waals surface area contributed by atoms with E-state index in [1.54, 1.807) is 12.1 Å². The first-order valence-electron chi connectivity index (χ1n) is 5.88. The van der Waals surface area contributed by atoms with Gasteiger partial charge in [-0.1, -0.05) is 37.3 Å². The number of hydrogen-bond donors (Lipinski definition) is 0. The van der Waals surface area contributed by atoms with Gasteiger partial charge in [0.25, 0.3) is 0 Å². The van der Waals surface area contributed by atoms with Crippen LogP contribution in [-0.2, 0) is 4.79 Å². The SMILES string of the molecule is CC=CC(C)C(C)(C)C(=O)Oc1ccccc1. The van der Waals surface area contributed by atoms with Crippen molar-refractivity contribution in [3.05, 3.63) is 42.5 Å². The molecular formula is C15H20O2. The van der Waals surface area contributed by atoms with Crippen LogP contribution in [-0.4, -0.2) is 5.97 Å². The highest BCUT2D eigenvalue weighted by atomic mass is 16.5. The summed E-state index contributed by atoms with van der Waals surface area (Å²) in [5.74, 6) is 0.538. The Labute approximate surface area is 103 Å². The molecular weight excluding hydrogens is 212 g/mol. The molecule has 17 heavy (non-hydrogen) atoms. The first kappa shape index (κ1) is 13.5. The summed E-state index contributed by atoms with van der Waals surface area (Å²) >= 11 is 0. The van der Waals surface area contributed by atoms with Gasteiger partial charge in [-0.2, -0.15) is 0 Å². The Hall–Kier alpha value is -1.57. The molecule has 0 spiro atoms. The van der Waals surface area contributed by atoms with Gasteiger partial charge in [-0.15, -0.1) is 0 Å². The molecule has 1 aromatic rings. The van der Waals surface area contributed by atoms with Gasteiger partial charge >= 0.3 is 5.97 Å². The minimum absolute atomic E-state index is 0.142. The average molecular weight is 232 g/mol. The lowest BCUT2D eigenvalue weighted by Gasteiger charge is -2.27. The number of ether oxygens (including phenoxy) is 1. The number of carbonyl (C=O) groups excluding carboxylic acids is 1. The van der Waals surface area contributed by atoms with Gasteiger partial charge in [0.15, 0.2) is 0 Å². The minimum Gasteiger partial charge on any atom is -0.426 e. The fourth-order valence-electron chi connectivity index (χ4n) is 1.44. The predicted octanol–water partition coefficient (Wildman–Crippen LogP) is 3.83. The van der Waals surface area contributed by atoms with E-state index in [2.05, 4.69) is 0 Å². The predicted molar refractivity (Wildman–Crippen MR) is 69.8 cm³/mol. The van der Waals surface area contributed by atoms with E-state index in [0.29, 0.717) is 5.75 Å². The molecule has 0 N–H and O–H groups in total. The van der Waals surface area contributed by atoms with Gasteiger partial charge in [0.2, 0.25) is 0 Å². The Bertz CT molecular complexity index is 391. The van der Waals surface area contributed by atoms with E-state index in [4.69, 9.17) is 4.74 Å². The molecule has 1 atom stereocenters. The van der Waals surface area contributed by atoms with Crippen molar-refractivity contribution in [3.63, 3.8) is 0 Å². The summed E-state index contributed by atoms with van der Waals surface area (Å²) in [4.78, 5) is 12.1.